The van der Waals surface area contributed by atoms with E-state index in [0.717, 1.165) is 12.0 Å². The molecular weight excluding hydrogens is 233 g/mol. The van der Waals surface area contributed by atoms with Crippen LogP contribution in [-0.2, 0) is 11.2 Å². The fraction of sp³-hybridized carbons (Fsp3) is 0.455. The minimum atomic E-state index is 0.195. The second kappa shape index (κ2) is 5.47. The van der Waals surface area contributed by atoms with Gasteiger partial charge in [0.2, 0.25) is 0 Å². The first kappa shape index (κ1) is 12.5. The Balaban J connectivity index is 2.68. The van der Waals surface area contributed by atoms with Gasteiger partial charge in [-0.2, -0.15) is 0 Å². The van der Waals surface area contributed by atoms with Gasteiger partial charge in [0, 0.05) is 6.42 Å². The lowest BCUT2D eigenvalue weighted by Crippen LogP contribution is -2.05. The maximum Gasteiger partial charge on any atom is 0.134 e. The molecule has 0 aliphatic carbocycles. The molecule has 0 amide bonds. The Morgan fingerprint density at radius 3 is 2.67 bits per heavy atom. The Hall–Kier alpha value is -0.600. The van der Waals surface area contributed by atoms with E-state index in [4.69, 9.17) is 23.2 Å². The van der Waals surface area contributed by atoms with E-state index in [1.807, 2.05) is 13.0 Å². The molecule has 82 valence electrons. The van der Waals surface area contributed by atoms with Crippen LogP contribution < -0.4 is 0 Å². The van der Waals surface area contributed by atoms with Crippen molar-refractivity contribution in [2.45, 2.75) is 26.7 Å². The second-order valence-electron chi connectivity index (χ2n) is 3.80. The summed E-state index contributed by atoms with van der Waals surface area (Å²) in [5, 5.41) is 0.820. The third-order valence-electron chi connectivity index (χ3n) is 2.10. The molecule has 0 spiro atoms. The first-order valence-corrected chi connectivity index (χ1v) is 5.55. The van der Waals surface area contributed by atoms with Crippen molar-refractivity contribution >= 4 is 29.0 Å². The van der Waals surface area contributed by atoms with Gasteiger partial charge >= 0.3 is 0 Å². The molecule has 0 N–H and O–H groups in total. The van der Waals surface area contributed by atoms with Gasteiger partial charge in [0.25, 0.3) is 0 Å². The maximum absolute atomic E-state index is 10.9. The van der Waals surface area contributed by atoms with Gasteiger partial charge in [-0.05, 0) is 30.9 Å². The highest BCUT2D eigenvalue weighted by atomic mass is 35.5. The van der Waals surface area contributed by atoms with E-state index in [2.05, 4.69) is 4.98 Å². The smallest absolute Gasteiger partial charge is 0.134 e. The summed E-state index contributed by atoms with van der Waals surface area (Å²) in [5.74, 6) is 0.475. The highest BCUT2D eigenvalue weighted by molar-refractivity contribution is 6.32. The van der Waals surface area contributed by atoms with Crippen LogP contribution in [0.2, 0.25) is 10.3 Å². The van der Waals surface area contributed by atoms with Gasteiger partial charge in [-0.15, -0.1) is 0 Å². The molecule has 4 heteroatoms. The van der Waals surface area contributed by atoms with Crippen LogP contribution in [0.15, 0.2) is 12.1 Å². The lowest BCUT2D eigenvalue weighted by atomic mass is 9.97. The van der Waals surface area contributed by atoms with Crippen molar-refractivity contribution in [3.05, 3.63) is 28.0 Å². The van der Waals surface area contributed by atoms with E-state index >= 15 is 0 Å². The van der Waals surface area contributed by atoms with E-state index in [-0.39, 0.29) is 11.7 Å². The Morgan fingerprint density at radius 2 is 2.13 bits per heavy atom. The molecule has 1 heterocycles. The molecule has 1 aromatic rings. The molecule has 2 nitrogen and oxygen atoms in total. The van der Waals surface area contributed by atoms with Crippen LogP contribution >= 0.6 is 23.2 Å². The summed E-state index contributed by atoms with van der Waals surface area (Å²) in [4.78, 5) is 14.9. The van der Waals surface area contributed by atoms with Gasteiger partial charge in [-0.3, -0.25) is 0 Å². The molecule has 1 rings (SSSR count). The van der Waals surface area contributed by atoms with Crippen LogP contribution in [0, 0.1) is 5.92 Å². The van der Waals surface area contributed by atoms with Gasteiger partial charge in [-0.1, -0.05) is 36.2 Å². The first-order valence-electron chi connectivity index (χ1n) is 4.79. The molecule has 0 saturated carbocycles. The molecule has 0 aromatic carbocycles. The molecule has 15 heavy (non-hydrogen) atoms. The van der Waals surface area contributed by atoms with Crippen molar-refractivity contribution in [1.82, 2.24) is 4.98 Å². The number of Topliss-reactive ketones (excluding diaryl/α,β-unsaturated/α-hetero) is 1. The van der Waals surface area contributed by atoms with Gasteiger partial charge in [0.1, 0.15) is 16.1 Å². The molecule has 0 aliphatic heterocycles. The summed E-state index contributed by atoms with van der Waals surface area (Å²) in [6, 6.07) is 3.57. The largest absolute Gasteiger partial charge is 0.300 e. The fourth-order valence-electron chi connectivity index (χ4n) is 1.53. The number of carbonyl (C=O) groups excluding carboxylic acids is 1. The molecule has 1 atom stereocenters. The summed E-state index contributed by atoms with van der Waals surface area (Å²) in [6.45, 7) is 3.62. The molecule has 0 saturated heterocycles. The average Bonchev–Trinajstić information content (AvgIpc) is 2.08. The van der Waals surface area contributed by atoms with E-state index in [0.29, 0.717) is 16.7 Å². The average molecular weight is 246 g/mol. The topological polar surface area (TPSA) is 30.0 Å². The number of halogens is 2. The van der Waals surface area contributed by atoms with Crippen LogP contribution in [-0.4, -0.2) is 10.8 Å². The lowest BCUT2D eigenvalue weighted by molar-refractivity contribution is -0.117. The zero-order valence-electron chi connectivity index (χ0n) is 8.76. The molecule has 1 unspecified atom stereocenters. The number of rotatable bonds is 4. The minimum Gasteiger partial charge on any atom is -0.300 e. The zero-order chi connectivity index (χ0) is 11.4. The summed E-state index contributed by atoms with van der Waals surface area (Å²) in [7, 11) is 0. The first-order chi connectivity index (χ1) is 6.99. The predicted molar refractivity (Wildman–Crippen MR) is 62.4 cm³/mol. The van der Waals surface area contributed by atoms with Gasteiger partial charge in [0.05, 0.1) is 0 Å². The number of nitrogens with zero attached hydrogens (tertiary/aromatic N) is 1. The quantitative estimate of drug-likeness (QED) is 0.760. The third kappa shape index (κ3) is 4.18. The summed E-state index contributed by atoms with van der Waals surface area (Å²) < 4.78 is 0. The number of hydrogen-bond donors (Lipinski definition) is 0. The van der Waals surface area contributed by atoms with Gasteiger partial charge in [0.15, 0.2) is 0 Å². The molecule has 1 aromatic heterocycles. The second-order valence-corrected chi connectivity index (χ2v) is 4.54. The normalized spacial score (nSPS) is 12.5. The fourth-order valence-corrected chi connectivity index (χ4v) is 1.95. The van der Waals surface area contributed by atoms with Crippen LogP contribution in [0.5, 0.6) is 0 Å². The molecule has 0 radical (unpaired) electrons. The Kier molecular flexibility index (Phi) is 4.55. The monoisotopic (exact) mass is 245 g/mol. The summed E-state index contributed by atoms with van der Waals surface area (Å²) in [6.07, 6.45) is 1.32. The van der Waals surface area contributed by atoms with E-state index in [1.54, 1.807) is 13.0 Å². The Bertz CT molecular complexity index is 366. The Labute approximate surface area is 99.6 Å². The SMILES string of the molecule is CC(=O)CC(C)Cc1ccc(Cl)nc1Cl. The summed E-state index contributed by atoms with van der Waals surface area (Å²) in [5.41, 5.74) is 0.940. The maximum atomic E-state index is 10.9. The van der Waals surface area contributed by atoms with Crippen molar-refractivity contribution < 1.29 is 4.79 Å². The van der Waals surface area contributed by atoms with Crippen molar-refractivity contribution in [2.75, 3.05) is 0 Å². The van der Waals surface area contributed by atoms with Crippen LogP contribution in [0.1, 0.15) is 25.8 Å². The van der Waals surface area contributed by atoms with Crippen molar-refractivity contribution in [3.8, 4) is 0 Å². The third-order valence-corrected chi connectivity index (χ3v) is 2.63. The van der Waals surface area contributed by atoms with E-state index in [9.17, 15) is 4.79 Å². The van der Waals surface area contributed by atoms with Crippen LogP contribution in [0.25, 0.3) is 0 Å². The molecule has 0 aliphatic rings. The molecule has 0 fully saturated rings. The predicted octanol–water partition coefficient (Wildman–Crippen LogP) is 3.55. The summed E-state index contributed by atoms with van der Waals surface area (Å²) >= 11 is 11.6. The van der Waals surface area contributed by atoms with Gasteiger partial charge in [-0.25, -0.2) is 4.98 Å². The number of aromatic nitrogens is 1. The number of carbonyl (C=O) groups is 1. The highest BCUT2D eigenvalue weighted by Gasteiger charge is 2.10. The van der Waals surface area contributed by atoms with Crippen molar-refractivity contribution in [3.63, 3.8) is 0 Å². The Morgan fingerprint density at radius 1 is 1.47 bits per heavy atom. The number of pyridine rings is 1. The van der Waals surface area contributed by atoms with Crippen LogP contribution in [0.4, 0.5) is 0 Å². The molecule has 0 bridgehead atoms. The van der Waals surface area contributed by atoms with Gasteiger partial charge < -0.3 is 4.79 Å². The van der Waals surface area contributed by atoms with E-state index in [1.165, 1.54) is 0 Å². The standard InChI is InChI=1S/C11H13Cl2NO/c1-7(5-8(2)15)6-9-3-4-10(12)14-11(9)13/h3-4,7H,5-6H2,1-2H3. The lowest BCUT2D eigenvalue weighted by Gasteiger charge is -2.10. The van der Waals surface area contributed by atoms with Crippen molar-refractivity contribution in [2.24, 2.45) is 5.92 Å². The highest BCUT2D eigenvalue weighted by Crippen LogP contribution is 2.21. The molecular formula is C11H13Cl2NO. The van der Waals surface area contributed by atoms with Crippen LogP contribution in [0.3, 0.4) is 0 Å². The van der Waals surface area contributed by atoms with E-state index < -0.39 is 0 Å². The number of hydrogen-bond acceptors (Lipinski definition) is 2. The number of ketones is 1. The van der Waals surface area contributed by atoms with Crippen molar-refractivity contribution in [1.29, 1.82) is 0 Å². The zero-order valence-corrected chi connectivity index (χ0v) is 10.3. The minimum absolute atomic E-state index is 0.195.